The van der Waals surface area contributed by atoms with Gasteiger partial charge in [-0.1, -0.05) is 24.3 Å². The summed E-state index contributed by atoms with van der Waals surface area (Å²) in [6, 6.07) is 6.28. The van der Waals surface area contributed by atoms with E-state index in [0.717, 1.165) is 5.56 Å². The second kappa shape index (κ2) is 6.58. The number of benzene rings is 1. The van der Waals surface area contributed by atoms with Crippen LogP contribution in [0.15, 0.2) is 24.3 Å². The predicted octanol–water partition coefficient (Wildman–Crippen LogP) is 0.942. The molecule has 1 aliphatic heterocycles. The van der Waals surface area contributed by atoms with Gasteiger partial charge in [0, 0.05) is 26.7 Å². The number of aliphatic carboxylic acids is 1. The largest absolute Gasteiger partial charge is 0.479 e. The van der Waals surface area contributed by atoms with Crippen molar-refractivity contribution in [1.82, 2.24) is 15.1 Å². The summed E-state index contributed by atoms with van der Waals surface area (Å²) >= 11 is 0. The highest BCUT2D eigenvalue weighted by atomic mass is 16.4. The minimum Gasteiger partial charge on any atom is -0.479 e. The van der Waals surface area contributed by atoms with Gasteiger partial charge in [0.05, 0.1) is 0 Å². The normalized spacial score (nSPS) is 17.2. The minimum absolute atomic E-state index is 0.243. The van der Waals surface area contributed by atoms with Gasteiger partial charge >= 0.3 is 12.0 Å². The van der Waals surface area contributed by atoms with E-state index in [9.17, 15) is 14.7 Å². The summed E-state index contributed by atoms with van der Waals surface area (Å²) in [5, 5.41) is 12.5. The van der Waals surface area contributed by atoms with Crippen LogP contribution >= 0.6 is 0 Å². The molecule has 0 fully saturated rings. The molecule has 0 aliphatic carbocycles. The molecule has 0 saturated heterocycles. The second-order valence-corrected chi connectivity index (χ2v) is 5.19. The van der Waals surface area contributed by atoms with Crippen molar-refractivity contribution in [2.24, 2.45) is 0 Å². The fraction of sp³-hybridized carbons (Fsp3) is 0.467. The summed E-state index contributed by atoms with van der Waals surface area (Å²) in [6.07, 6.45) is 0.686. The first-order chi connectivity index (χ1) is 10.1. The molecule has 21 heavy (non-hydrogen) atoms. The number of rotatable bonds is 4. The van der Waals surface area contributed by atoms with E-state index in [2.05, 4.69) is 5.32 Å². The lowest BCUT2D eigenvalue weighted by molar-refractivity contribution is -0.143. The Morgan fingerprint density at radius 1 is 1.43 bits per heavy atom. The smallest absolute Gasteiger partial charge is 0.331 e. The molecule has 2 N–H and O–H groups in total. The van der Waals surface area contributed by atoms with Gasteiger partial charge in [-0.15, -0.1) is 0 Å². The first-order valence-electron chi connectivity index (χ1n) is 7.03. The van der Waals surface area contributed by atoms with Crippen molar-refractivity contribution in [1.29, 1.82) is 0 Å². The Balaban J connectivity index is 2.24. The van der Waals surface area contributed by atoms with Crippen LogP contribution in [-0.4, -0.2) is 60.6 Å². The van der Waals surface area contributed by atoms with Gasteiger partial charge in [0.2, 0.25) is 0 Å². The molecular weight excluding hydrogens is 270 g/mol. The van der Waals surface area contributed by atoms with Crippen LogP contribution in [0.4, 0.5) is 4.79 Å². The van der Waals surface area contributed by atoms with Crippen molar-refractivity contribution in [2.75, 3.05) is 33.7 Å². The maximum atomic E-state index is 12.5. The Morgan fingerprint density at radius 3 is 2.81 bits per heavy atom. The number of likely N-dealkylation sites (N-methyl/N-ethyl adjacent to an activating group) is 2. The molecule has 1 aromatic carbocycles. The van der Waals surface area contributed by atoms with Crippen molar-refractivity contribution < 1.29 is 14.7 Å². The Kier molecular flexibility index (Phi) is 4.80. The number of amides is 2. The second-order valence-electron chi connectivity index (χ2n) is 5.19. The number of carboxylic acids is 1. The lowest BCUT2D eigenvalue weighted by atomic mass is 9.93. The summed E-state index contributed by atoms with van der Waals surface area (Å²) in [5.41, 5.74) is 1.72. The number of nitrogens with one attached hydrogen (secondary N) is 1. The van der Waals surface area contributed by atoms with Crippen molar-refractivity contribution in [3.05, 3.63) is 35.4 Å². The predicted molar refractivity (Wildman–Crippen MR) is 79.2 cm³/mol. The van der Waals surface area contributed by atoms with Crippen molar-refractivity contribution in [3.8, 4) is 0 Å². The standard InChI is InChI=1S/C15H21N3O3/c1-16-8-10-17(2)15(21)18-9-7-11-5-3-4-6-12(11)13(18)14(19)20/h3-6,13,16H,7-10H2,1-2H3,(H,19,20). The molecule has 1 aliphatic rings. The highest BCUT2D eigenvalue weighted by Crippen LogP contribution is 2.30. The van der Waals surface area contributed by atoms with Gasteiger partial charge in [-0.25, -0.2) is 9.59 Å². The number of carboxylic acid groups (broad SMARTS) is 1. The molecule has 2 amide bonds. The molecule has 2 rings (SSSR count). The molecule has 0 bridgehead atoms. The zero-order valence-electron chi connectivity index (χ0n) is 12.4. The zero-order valence-corrected chi connectivity index (χ0v) is 12.4. The van der Waals surface area contributed by atoms with Crippen LogP contribution in [0, 0.1) is 0 Å². The van der Waals surface area contributed by atoms with Gasteiger partial charge in [0.15, 0.2) is 6.04 Å². The first kappa shape index (κ1) is 15.3. The number of carbonyl (C=O) groups excluding carboxylic acids is 1. The molecule has 114 valence electrons. The molecule has 1 aromatic rings. The molecule has 0 saturated carbocycles. The number of hydrogen-bond donors (Lipinski definition) is 2. The van der Waals surface area contributed by atoms with Crippen LogP contribution in [0.2, 0.25) is 0 Å². The molecule has 6 heteroatoms. The van der Waals surface area contributed by atoms with Gasteiger partial charge in [-0.05, 0) is 24.6 Å². The van der Waals surface area contributed by atoms with Crippen molar-refractivity contribution in [2.45, 2.75) is 12.5 Å². The fourth-order valence-corrected chi connectivity index (χ4v) is 2.63. The third-order valence-electron chi connectivity index (χ3n) is 3.79. The number of urea groups is 1. The Labute approximate surface area is 124 Å². The number of hydrogen-bond acceptors (Lipinski definition) is 3. The fourth-order valence-electron chi connectivity index (χ4n) is 2.63. The van der Waals surface area contributed by atoms with Gasteiger partial charge in [-0.2, -0.15) is 0 Å². The van der Waals surface area contributed by atoms with Crippen LogP contribution in [0.25, 0.3) is 0 Å². The van der Waals surface area contributed by atoms with E-state index in [1.807, 2.05) is 25.2 Å². The Bertz CT molecular complexity index is 533. The minimum atomic E-state index is -0.988. The summed E-state index contributed by atoms with van der Waals surface area (Å²) in [7, 11) is 3.51. The summed E-state index contributed by atoms with van der Waals surface area (Å²) in [6.45, 7) is 1.64. The van der Waals surface area contributed by atoms with Crippen molar-refractivity contribution in [3.63, 3.8) is 0 Å². The topological polar surface area (TPSA) is 72.9 Å². The number of carbonyl (C=O) groups is 2. The third-order valence-corrected chi connectivity index (χ3v) is 3.79. The average molecular weight is 291 g/mol. The summed E-state index contributed by atoms with van der Waals surface area (Å²) in [5.74, 6) is -0.988. The molecular formula is C15H21N3O3. The van der Waals surface area contributed by atoms with E-state index in [-0.39, 0.29) is 6.03 Å². The van der Waals surface area contributed by atoms with Gasteiger partial charge < -0.3 is 20.2 Å². The van der Waals surface area contributed by atoms with E-state index in [1.54, 1.807) is 18.0 Å². The van der Waals surface area contributed by atoms with E-state index in [0.29, 0.717) is 31.6 Å². The third kappa shape index (κ3) is 3.16. The van der Waals surface area contributed by atoms with E-state index in [4.69, 9.17) is 0 Å². The van der Waals surface area contributed by atoms with Crippen LogP contribution in [0.1, 0.15) is 17.2 Å². The first-order valence-corrected chi connectivity index (χ1v) is 7.03. The van der Waals surface area contributed by atoms with Gasteiger partial charge in [0.25, 0.3) is 0 Å². The van der Waals surface area contributed by atoms with Crippen molar-refractivity contribution >= 4 is 12.0 Å². The molecule has 6 nitrogen and oxygen atoms in total. The molecule has 1 unspecified atom stereocenters. The summed E-state index contributed by atoms with van der Waals surface area (Å²) in [4.78, 5) is 27.1. The molecule has 0 spiro atoms. The molecule has 0 radical (unpaired) electrons. The molecule has 1 atom stereocenters. The average Bonchev–Trinajstić information content (AvgIpc) is 2.50. The Morgan fingerprint density at radius 2 is 2.14 bits per heavy atom. The van der Waals surface area contributed by atoms with E-state index in [1.165, 1.54) is 4.90 Å². The monoisotopic (exact) mass is 291 g/mol. The molecule has 0 aromatic heterocycles. The highest BCUT2D eigenvalue weighted by Gasteiger charge is 2.36. The van der Waals surface area contributed by atoms with Gasteiger partial charge in [0.1, 0.15) is 0 Å². The lowest BCUT2D eigenvalue weighted by Gasteiger charge is -2.37. The maximum absolute atomic E-state index is 12.5. The highest BCUT2D eigenvalue weighted by molar-refractivity contribution is 5.84. The maximum Gasteiger partial charge on any atom is 0.331 e. The number of nitrogens with zero attached hydrogens (tertiary/aromatic N) is 2. The zero-order chi connectivity index (χ0) is 15.4. The summed E-state index contributed by atoms with van der Waals surface area (Å²) < 4.78 is 0. The van der Waals surface area contributed by atoms with Crippen LogP contribution in [-0.2, 0) is 11.2 Å². The Hall–Kier alpha value is -2.08. The van der Waals surface area contributed by atoms with Gasteiger partial charge in [-0.3, -0.25) is 0 Å². The van der Waals surface area contributed by atoms with Crippen LogP contribution in [0.3, 0.4) is 0 Å². The lowest BCUT2D eigenvalue weighted by Crippen LogP contribution is -2.49. The van der Waals surface area contributed by atoms with Crippen LogP contribution in [0.5, 0.6) is 0 Å². The SMILES string of the molecule is CNCCN(C)C(=O)N1CCc2ccccc2C1C(=O)O. The van der Waals surface area contributed by atoms with E-state index < -0.39 is 12.0 Å². The quantitative estimate of drug-likeness (QED) is 0.866. The van der Waals surface area contributed by atoms with E-state index >= 15 is 0 Å². The number of fused-ring (bicyclic) bond motifs is 1. The molecule has 1 heterocycles. The van der Waals surface area contributed by atoms with Crippen LogP contribution < -0.4 is 5.32 Å².